The van der Waals surface area contributed by atoms with Crippen LogP contribution >= 0.6 is 0 Å². The second-order valence-electron chi connectivity index (χ2n) is 8.48. The number of nitrogens with one attached hydrogen (secondary N) is 1. The molecule has 2 heterocycles. The first kappa shape index (κ1) is 21.4. The van der Waals surface area contributed by atoms with Gasteiger partial charge in [0.15, 0.2) is 0 Å². The van der Waals surface area contributed by atoms with Crippen molar-refractivity contribution in [3.63, 3.8) is 0 Å². The second kappa shape index (κ2) is 9.94. The third-order valence-electron chi connectivity index (χ3n) is 5.56. The maximum absolute atomic E-state index is 5.66. The van der Waals surface area contributed by atoms with E-state index in [9.17, 15) is 0 Å². The van der Waals surface area contributed by atoms with Gasteiger partial charge in [0.25, 0.3) is 0 Å². The summed E-state index contributed by atoms with van der Waals surface area (Å²) in [6.45, 7) is 15.3. The number of likely N-dealkylation sites (N-methyl/N-ethyl adjacent to an activating group) is 1. The number of allylic oxidation sites excluding steroid dienone is 1. The number of piperazine rings is 1. The number of anilines is 1. The highest BCUT2D eigenvalue weighted by atomic mass is 15.3. The van der Waals surface area contributed by atoms with E-state index in [0.717, 1.165) is 51.4 Å². The van der Waals surface area contributed by atoms with Gasteiger partial charge in [-0.25, -0.2) is 0 Å². The zero-order chi connectivity index (χ0) is 20.8. The Morgan fingerprint density at radius 1 is 1.21 bits per heavy atom. The lowest BCUT2D eigenvalue weighted by atomic mass is 10.1. The van der Waals surface area contributed by atoms with Gasteiger partial charge in [-0.15, -0.1) is 0 Å². The number of hydrogen-bond donors (Lipinski definition) is 2. The van der Waals surface area contributed by atoms with Crippen LogP contribution in [0.1, 0.15) is 25.8 Å². The van der Waals surface area contributed by atoms with Crippen LogP contribution in [0, 0.1) is 5.92 Å². The van der Waals surface area contributed by atoms with Crippen molar-refractivity contribution >= 4 is 5.69 Å². The summed E-state index contributed by atoms with van der Waals surface area (Å²) < 4.78 is 0. The van der Waals surface area contributed by atoms with Crippen molar-refractivity contribution in [3.8, 4) is 11.3 Å². The van der Waals surface area contributed by atoms with Gasteiger partial charge in [-0.1, -0.05) is 32.6 Å². The van der Waals surface area contributed by atoms with E-state index in [2.05, 4.69) is 76.6 Å². The predicted octanol–water partition coefficient (Wildman–Crippen LogP) is 3.15. The molecule has 1 saturated heterocycles. The SMILES string of the molecule is C=C(CC(C)C)N1CCN(c2ccc(-c3[nH]ncc3CN(C)CCN)cc2)CC1. The molecule has 29 heavy (non-hydrogen) atoms. The van der Waals surface area contributed by atoms with E-state index in [0.29, 0.717) is 12.5 Å². The molecule has 6 heteroatoms. The van der Waals surface area contributed by atoms with Crippen LogP contribution in [-0.2, 0) is 6.54 Å². The molecule has 3 N–H and O–H groups in total. The number of aromatic nitrogens is 2. The third-order valence-corrected chi connectivity index (χ3v) is 5.56. The highest BCUT2D eigenvalue weighted by Crippen LogP contribution is 2.26. The van der Waals surface area contributed by atoms with Crippen molar-refractivity contribution in [3.05, 3.63) is 48.3 Å². The lowest BCUT2D eigenvalue weighted by molar-refractivity contribution is 0.303. The van der Waals surface area contributed by atoms with Crippen LogP contribution in [0.4, 0.5) is 5.69 Å². The number of H-pyrrole nitrogens is 1. The fourth-order valence-corrected chi connectivity index (χ4v) is 3.99. The minimum atomic E-state index is 0.663. The molecule has 0 bridgehead atoms. The van der Waals surface area contributed by atoms with Gasteiger partial charge in [-0.2, -0.15) is 5.10 Å². The number of aromatic amines is 1. The predicted molar refractivity (Wildman–Crippen MR) is 122 cm³/mol. The van der Waals surface area contributed by atoms with Gasteiger partial charge < -0.3 is 20.4 Å². The second-order valence-corrected chi connectivity index (χ2v) is 8.48. The summed E-state index contributed by atoms with van der Waals surface area (Å²) in [6.07, 6.45) is 3.00. The molecular weight excluding hydrogens is 360 g/mol. The Morgan fingerprint density at radius 2 is 1.90 bits per heavy atom. The average molecular weight is 397 g/mol. The molecule has 1 aromatic heterocycles. The minimum absolute atomic E-state index is 0.663. The highest BCUT2D eigenvalue weighted by molar-refractivity contribution is 5.65. The maximum atomic E-state index is 5.66. The summed E-state index contributed by atoms with van der Waals surface area (Å²) >= 11 is 0. The number of rotatable bonds is 9. The van der Waals surface area contributed by atoms with Gasteiger partial charge in [0.2, 0.25) is 0 Å². The van der Waals surface area contributed by atoms with E-state index < -0.39 is 0 Å². The van der Waals surface area contributed by atoms with Crippen LogP contribution in [0.5, 0.6) is 0 Å². The first-order valence-electron chi connectivity index (χ1n) is 10.7. The monoisotopic (exact) mass is 396 g/mol. The molecule has 1 aromatic carbocycles. The van der Waals surface area contributed by atoms with Crippen LogP contribution in [-0.4, -0.2) is 66.3 Å². The lowest BCUT2D eigenvalue weighted by Crippen LogP contribution is -2.45. The molecule has 0 atom stereocenters. The zero-order valence-corrected chi connectivity index (χ0v) is 18.2. The van der Waals surface area contributed by atoms with Gasteiger partial charge in [-0.3, -0.25) is 5.10 Å². The van der Waals surface area contributed by atoms with Crippen molar-refractivity contribution in [2.75, 3.05) is 51.2 Å². The van der Waals surface area contributed by atoms with E-state index in [1.165, 1.54) is 22.5 Å². The molecule has 1 aliphatic rings. The quantitative estimate of drug-likeness (QED) is 0.682. The van der Waals surface area contributed by atoms with Gasteiger partial charge in [0.05, 0.1) is 11.9 Å². The number of nitrogens with zero attached hydrogens (tertiary/aromatic N) is 4. The summed E-state index contributed by atoms with van der Waals surface area (Å²) in [5.41, 5.74) is 11.7. The Hall–Kier alpha value is -2.31. The minimum Gasteiger partial charge on any atom is -0.372 e. The van der Waals surface area contributed by atoms with E-state index in [1.807, 2.05) is 6.20 Å². The highest BCUT2D eigenvalue weighted by Gasteiger charge is 2.19. The van der Waals surface area contributed by atoms with Gasteiger partial charge in [-0.05, 0) is 31.5 Å². The molecular formula is C23H36N6. The molecule has 158 valence electrons. The molecule has 1 aliphatic heterocycles. The maximum Gasteiger partial charge on any atom is 0.0695 e. The first-order valence-corrected chi connectivity index (χ1v) is 10.7. The first-order chi connectivity index (χ1) is 14.0. The normalized spacial score (nSPS) is 14.8. The molecule has 0 unspecified atom stereocenters. The fourth-order valence-electron chi connectivity index (χ4n) is 3.99. The molecule has 2 aromatic rings. The Morgan fingerprint density at radius 3 is 2.52 bits per heavy atom. The molecule has 0 aliphatic carbocycles. The van der Waals surface area contributed by atoms with Crippen LogP contribution < -0.4 is 10.6 Å². The number of benzene rings is 1. The van der Waals surface area contributed by atoms with E-state index in [1.54, 1.807) is 0 Å². The van der Waals surface area contributed by atoms with Crippen LogP contribution in [0.3, 0.4) is 0 Å². The van der Waals surface area contributed by atoms with E-state index in [4.69, 9.17) is 5.73 Å². The Labute approximate surface area is 175 Å². The molecule has 0 saturated carbocycles. The molecule has 0 spiro atoms. The van der Waals surface area contributed by atoms with Gasteiger partial charge in [0, 0.05) is 68.3 Å². The van der Waals surface area contributed by atoms with Crippen molar-refractivity contribution in [2.24, 2.45) is 11.7 Å². The Kier molecular flexibility index (Phi) is 7.34. The summed E-state index contributed by atoms with van der Waals surface area (Å²) in [7, 11) is 2.09. The Balaban J connectivity index is 1.61. The van der Waals surface area contributed by atoms with Gasteiger partial charge in [0.1, 0.15) is 0 Å². The van der Waals surface area contributed by atoms with Crippen LogP contribution in [0.2, 0.25) is 0 Å². The van der Waals surface area contributed by atoms with Crippen molar-refractivity contribution in [2.45, 2.75) is 26.8 Å². The van der Waals surface area contributed by atoms with Crippen molar-refractivity contribution in [1.82, 2.24) is 20.0 Å². The number of nitrogens with two attached hydrogens (primary N) is 1. The van der Waals surface area contributed by atoms with Crippen molar-refractivity contribution in [1.29, 1.82) is 0 Å². The smallest absolute Gasteiger partial charge is 0.0695 e. The molecule has 6 nitrogen and oxygen atoms in total. The lowest BCUT2D eigenvalue weighted by Gasteiger charge is -2.38. The van der Waals surface area contributed by atoms with Gasteiger partial charge >= 0.3 is 0 Å². The standard InChI is InChI=1S/C23H36N6/c1-18(2)15-19(3)28-11-13-29(14-12-28)22-7-5-20(6-8-22)23-21(16-25-26-23)17-27(4)10-9-24/h5-8,16,18H,3,9-15,17,24H2,1-2,4H3,(H,25,26). The van der Waals surface area contributed by atoms with E-state index in [-0.39, 0.29) is 0 Å². The van der Waals surface area contributed by atoms with Crippen molar-refractivity contribution < 1.29 is 0 Å². The average Bonchev–Trinajstić information content (AvgIpc) is 3.16. The third kappa shape index (κ3) is 5.61. The summed E-state index contributed by atoms with van der Waals surface area (Å²) in [5, 5.41) is 7.43. The summed E-state index contributed by atoms with van der Waals surface area (Å²) in [6, 6.07) is 8.84. The molecule has 1 fully saturated rings. The summed E-state index contributed by atoms with van der Waals surface area (Å²) in [4.78, 5) is 7.13. The van der Waals surface area contributed by atoms with Crippen LogP contribution in [0.15, 0.2) is 42.7 Å². The number of hydrogen-bond acceptors (Lipinski definition) is 5. The molecule has 0 amide bonds. The zero-order valence-electron chi connectivity index (χ0n) is 18.2. The fraction of sp³-hybridized carbons (Fsp3) is 0.522. The Bertz CT molecular complexity index is 771. The topological polar surface area (TPSA) is 64.4 Å². The van der Waals surface area contributed by atoms with Crippen LogP contribution in [0.25, 0.3) is 11.3 Å². The molecule has 3 rings (SSSR count). The summed E-state index contributed by atoms with van der Waals surface area (Å²) in [5.74, 6) is 0.663. The largest absolute Gasteiger partial charge is 0.372 e. The van der Waals surface area contributed by atoms with E-state index >= 15 is 0 Å². The molecule has 0 radical (unpaired) electrons.